The lowest BCUT2D eigenvalue weighted by atomic mass is 10.1. The molecule has 0 saturated heterocycles. The molecule has 0 aliphatic rings. The third-order valence-electron chi connectivity index (χ3n) is 1.90. The molecule has 0 spiro atoms. The zero-order valence-electron chi connectivity index (χ0n) is 9.32. The molecule has 0 radical (unpaired) electrons. The summed E-state index contributed by atoms with van der Waals surface area (Å²) >= 11 is 0. The molecule has 2 N–H and O–H groups in total. The highest BCUT2D eigenvalue weighted by molar-refractivity contribution is 5.89. The average molecular weight is 217 g/mol. The van der Waals surface area contributed by atoms with Crippen molar-refractivity contribution in [1.29, 1.82) is 0 Å². The molecule has 0 saturated carbocycles. The van der Waals surface area contributed by atoms with E-state index in [4.69, 9.17) is 10.5 Å². The van der Waals surface area contributed by atoms with E-state index < -0.39 is 0 Å². The highest BCUT2D eigenvalue weighted by atomic mass is 16.5. The SMILES string of the molecule is CCOC(=O)c1ccc(C#CCCN)cc1. The third-order valence-corrected chi connectivity index (χ3v) is 1.90. The summed E-state index contributed by atoms with van der Waals surface area (Å²) in [5.41, 5.74) is 6.75. The molecular weight excluding hydrogens is 202 g/mol. The van der Waals surface area contributed by atoms with Gasteiger partial charge in [-0.05, 0) is 31.2 Å². The number of hydrogen-bond acceptors (Lipinski definition) is 3. The van der Waals surface area contributed by atoms with Gasteiger partial charge in [-0.25, -0.2) is 4.79 Å². The van der Waals surface area contributed by atoms with Gasteiger partial charge in [-0.2, -0.15) is 0 Å². The molecule has 0 bridgehead atoms. The van der Waals surface area contributed by atoms with Gasteiger partial charge < -0.3 is 10.5 Å². The Morgan fingerprint density at radius 3 is 2.62 bits per heavy atom. The van der Waals surface area contributed by atoms with Crippen LogP contribution in [0.5, 0.6) is 0 Å². The topological polar surface area (TPSA) is 52.3 Å². The van der Waals surface area contributed by atoms with Gasteiger partial charge in [-0.1, -0.05) is 11.8 Å². The second kappa shape index (κ2) is 6.65. The quantitative estimate of drug-likeness (QED) is 0.617. The third kappa shape index (κ3) is 3.76. The minimum Gasteiger partial charge on any atom is -0.462 e. The molecule has 1 aromatic rings. The van der Waals surface area contributed by atoms with E-state index in [-0.39, 0.29) is 5.97 Å². The largest absolute Gasteiger partial charge is 0.462 e. The van der Waals surface area contributed by atoms with Crippen molar-refractivity contribution in [2.24, 2.45) is 5.73 Å². The first-order chi connectivity index (χ1) is 7.77. The van der Waals surface area contributed by atoms with E-state index >= 15 is 0 Å². The summed E-state index contributed by atoms with van der Waals surface area (Å²) in [6, 6.07) is 7.03. The number of esters is 1. The molecule has 3 nitrogen and oxygen atoms in total. The molecule has 0 amide bonds. The zero-order chi connectivity index (χ0) is 11.8. The van der Waals surface area contributed by atoms with Gasteiger partial charge in [-0.15, -0.1) is 0 Å². The Labute approximate surface area is 95.6 Å². The van der Waals surface area contributed by atoms with Gasteiger partial charge in [0.15, 0.2) is 0 Å². The maximum atomic E-state index is 11.3. The molecule has 0 aromatic heterocycles. The van der Waals surface area contributed by atoms with Crippen molar-refractivity contribution in [3.8, 4) is 11.8 Å². The number of carbonyl (C=O) groups excluding carboxylic acids is 1. The standard InChI is InChI=1S/C13H15NO2/c1-2-16-13(15)12-8-6-11(7-9-12)5-3-4-10-14/h6-9H,2,4,10,14H2,1H3. The molecule has 1 rings (SSSR count). The van der Waals surface area contributed by atoms with Gasteiger partial charge in [0.1, 0.15) is 0 Å². The minimum atomic E-state index is -0.302. The lowest BCUT2D eigenvalue weighted by molar-refractivity contribution is 0.0526. The molecule has 16 heavy (non-hydrogen) atoms. The monoisotopic (exact) mass is 217 g/mol. The van der Waals surface area contributed by atoms with Crippen molar-refractivity contribution in [3.63, 3.8) is 0 Å². The van der Waals surface area contributed by atoms with Crippen LogP contribution in [0.2, 0.25) is 0 Å². The highest BCUT2D eigenvalue weighted by Crippen LogP contribution is 2.05. The zero-order valence-corrected chi connectivity index (χ0v) is 9.32. The van der Waals surface area contributed by atoms with E-state index in [1.165, 1.54) is 0 Å². The first kappa shape index (κ1) is 12.3. The number of ether oxygens (including phenoxy) is 1. The summed E-state index contributed by atoms with van der Waals surface area (Å²) in [7, 11) is 0. The summed E-state index contributed by atoms with van der Waals surface area (Å²) < 4.78 is 4.87. The lowest BCUT2D eigenvalue weighted by Crippen LogP contribution is -2.04. The number of carbonyl (C=O) groups is 1. The predicted molar refractivity (Wildman–Crippen MR) is 62.9 cm³/mol. The fourth-order valence-electron chi connectivity index (χ4n) is 1.14. The van der Waals surface area contributed by atoms with Crippen LogP contribution >= 0.6 is 0 Å². The van der Waals surface area contributed by atoms with E-state index in [9.17, 15) is 4.79 Å². The molecule has 0 fully saturated rings. The van der Waals surface area contributed by atoms with E-state index in [2.05, 4.69) is 11.8 Å². The number of nitrogens with two attached hydrogens (primary N) is 1. The number of rotatable bonds is 3. The molecule has 84 valence electrons. The van der Waals surface area contributed by atoms with Gasteiger partial charge in [-0.3, -0.25) is 0 Å². The molecule has 0 heterocycles. The first-order valence-electron chi connectivity index (χ1n) is 5.24. The molecule has 0 aliphatic heterocycles. The smallest absolute Gasteiger partial charge is 0.338 e. The second-order valence-electron chi connectivity index (χ2n) is 3.14. The van der Waals surface area contributed by atoms with Gasteiger partial charge in [0.05, 0.1) is 12.2 Å². The molecule has 0 unspecified atom stereocenters. The Morgan fingerprint density at radius 1 is 1.38 bits per heavy atom. The van der Waals surface area contributed by atoms with Crippen LogP contribution in [-0.4, -0.2) is 19.1 Å². The van der Waals surface area contributed by atoms with Crippen LogP contribution in [0.3, 0.4) is 0 Å². The second-order valence-corrected chi connectivity index (χ2v) is 3.14. The summed E-state index contributed by atoms with van der Waals surface area (Å²) in [6.07, 6.45) is 0.680. The van der Waals surface area contributed by atoms with Crippen LogP contribution in [0.15, 0.2) is 24.3 Å². The van der Waals surface area contributed by atoms with E-state index in [0.717, 1.165) is 5.56 Å². The normalized spacial score (nSPS) is 9.12. The van der Waals surface area contributed by atoms with Gasteiger partial charge in [0, 0.05) is 18.5 Å². The fourth-order valence-corrected chi connectivity index (χ4v) is 1.14. The maximum Gasteiger partial charge on any atom is 0.338 e. The summed E-state index contributed by atoms with van der Waals surface area (Å²) in [6.45, 7) is 2.73. The molecular formula is C13H15NO2. The van der Waals surface area contributed by atoms with E-state index in [1.54, 1.807) is 31.2 Å². The molecule has 0 aliphatic carbocycles. The van der Waals surface area contributed by atoms with Crippen LogP contribution in [0.1, 0.15) is 29.3 Å². The van der Waals surface area contributed by atoms with E-state index in [0.29, 0.717) is 25.1 Å². The van der Waals surface area contributed by atoms with Crippen LogP contribution in [0.4, 0.5) is 0 Å². The Kier molecular flexibility index (Phi) is 5.10. The Morgan fingerprint density at radius 2 is 2.06 bits per heavy atom. The van der Waals surface area contributed by atoms with E-state index in [1.807, 2.05) is 0 Å². The number of benzene rings is 1. The molecule has 0 atom stereocenters. The van der Waals surface area contributed by atoms with Crippen LogP contribution < -0.4 is 5.73 Å². The molecule has 3 heteroatoms. The maximum absolute atomic E-state index is 11.3. The van der Waals surface area contributed by atoms with Crippen molar-refractivity contribution >= 4 is 5.97 Å². The van der Waals surface area contributed by atoms with Crippen molar-refractivity contribution in [2.75, 3.05) is 13.2 Å². The van der Waals surface area contributed by atoms with Crippen LogP contribution in [-0.2, 0) is 4.74 Å². The number of hydrogen-bond donors (Lipinski definition) is 1. The summed E-state index contributed by atoms with van der Waals surface area (Å²) in [5, 5.41) is 0. The van der Waals surface area contributed by atoms with Gasteiger partial charge >= 0.3 is 5.97 Å². The van der Waals surface area contributed by atoms with Crippen LogP contribution in [0, 0.1) is 11.8 Å². The minimum absolute atomic E-state index is 0.302. The highest BCUT2D eigenvalue weighted by Gasteiger charge is 2.04. The van der Waals surface area contributed by atoms with Gasteiger partial charge in [0.25, 0.3) is 0 Å². The summed E-state index contributed by atoms with van der Waals surface area (Å²) in [4.78, 5) is 11.3. The fraction of sp³-hybridized carbons (Fsp3) is 0.308. The van der Waals surface area contributed by atoms with Crippen molar-refractivity contribution in [2.45, 2.75) is 13.3 Å². The Hall–Kier alpha value is -1.79. The average Bonchev–Trinajstić information content (AvgIpc) is 2.30. The van der Waals surface area contributed by atoms with Crippen molar-refractivity contribution in [1.82, 2.24) is 0 Å². The predicted octanol–water partition coefficient (Wildman–Crippen LogP) is 1.56. The van der Waals surface area contributed by atoms with Crippen molar-refractivity contribution in [3.05, 3.63) is 35.4 Å². The van der Waals surface area contributed by atoms with Gasteiger partial charge in [0.2, 0.25) is 0 Å². The van der Waals surface area contributed by atoms with Crippen molar-refractivity contribution < 1.29 is 9.53 Å². The lowest BCUT2D eigenvalue weighted by Gasteiger charge is -2.00. The van der Waals surface area contributed by atoms with Crippen LogP contribution in [0.25, 0.3) is 0 Å². The Balaban J connectivity index is 2.69. The molecule has 1 aromatic carbocycles. The summed E-state index contributed by atoms with van der Waals surface area (Å²) in [5.74, 6) is 5.59. The Bertz CT molecular complexity index is 398. The first-order valence-corrected chi connectivity index (χ1v) is 5.24.